The Morgan fingerprint density at radius 2 is 1.71 bits per heavy atom. The minimum Gasteiger partial charge on any atom is -0.490 e. The average molecular weight is 505 g/mol. The molecule has 0 unspecified atom stereocenters. The molecule has 8 nitrogen and oxygen atoms in total. The van der Waals surface area contributed by atoms with Gasteiger partial charge in [0.1, 0.15) is 5.15 Å². The Kier molecular flexibility index (Phi) is 8.79. The summed E-state index contributed by atoms with van der Waals surface area (Å²) in [6.07, 6.45) is 1.45. The number of nitrogens with one attached hydrogen (secondary N) is 1. The highest BCUT2D eigenvalue weighted by atomic mass is 35.5. The predicted molar refractivity (Wildman–Crippen MR) is 133 cm³/mol. The molecule has 0 saturated carbocycles. The second-order valence-corrected chi connectivity index (χ2v) is 7.78. The van der Waals surface area contributed by atoms with E-state index in [1.165, 1.54) is 6.21 Å². The summed E-state index contributed by atoms with van der Waals surface area (Å²) in [6.45, 7) is 8.60. The summed E-state index contributed by atoms with van der Waals surface area (Å²) in [5.41, 5.74) is 4.74. The van der Waals surface area contributed by atoms with Crippen LogP contribution in [-0.2, 0) is 0 Å². The zero-order chi connectivity index (χ0) is 24.7. The van der Waals surface area contributed by atoms with Crippen LogP contribution in [0.3, 0.4) is 0 Å². The molecular weight excluding hydrogens is 479 g/mol. The molecule has 34 heavy (non-hydrogen) atoms. The Hall–Kier alpha value is -3.23. The summed E-state index contributed by atoms with van der Waals surface area (Å²) >= 11 is 12.6. The molecule has 0 aliphatic rings. The van der Waals surface area contributed by atoms with Gasteiger partial charge >= 0.3 is 0 Å². The van der Waals surface area contributed by atoms with Crippen LogP contribution in [0.15, 0.2) is 41.5 Å². The molecule has 1 amide bonds. The van der Waals surface area contributed by atoms with Gasteiger partial charge in [-0.2, -0.15) is 10.2 Å². The highest BCUT2D eigenvalue weighted by molar-refractivity contribution is 6.32. The number of carbonyl (C=O) groups excluding carboxylic acids is 1. The number of nitrogens with zero attached hydrogens (tertiary/aromatic N) is 3. The number of hydrogen-bond donors (Lipinski definition) is 1. The van der Waals surface area contributed by atoms with E-state index in [1.54, 1.807) is 35.9 Å². The minimum atomic E-state index is -0.447. The Labute approximate surface area is 208 Å². The number of hydrogen-bond acceptors (Lipinski definition) is 6. The number of benzene rings is 2. The highest BCUT2D eigenvalue weighted by Gasteiger charge is 2.18. The second kappa shape index (κ2) is 11.8. The van der Waals surface area contributed by atoms with Crippen LogP contribution in [0, 0.1) is 6.92 Å². The number of carbonyl (C=O) groups is 1. The number of rotatable bonds is 10. The van der Waals surface area contributed by atoms with E-state index in [0.717, 1.165) is 0 Å². The summed E-state index contributed by atoms with van der Waals surface area (Å²) in [6, 6.07) is 10.4. The summed E-state index contributed by atoms with van der Waals surface area (Å²) in [5, 5.41) is 9.43. The Morgan fingerprint density at radius 3 is 2.29 bits per heavy atom. The standard InChI is InChI=1S/C24H26Cl2N4O4/c1-5-32-20-11-16(12-21(33-6-2)22(20)34-7-3)24(31)28-27-14-19-15(4)29-30(23(19)26)18-10-8-9-17(25)13-18/h8-14H,5-7H2,1-4H3,(H,28,31)/b27-14+. The molecule has 0 atom stereocenters. The van der Waals surface area contributed by atoms with Crippen molar-refractivity contribution >= 4 is 35.3 Å². The molecular formula is C24H26Cl2N4O4. The van der Waals surface area contributed by atoms with Gasteiger partial charge in [0, 0.05) is 10.6 Å². The topological polar surface area (TPSA) is 87.0 Å². The largest absolute Gasteiger partial charge is 0.490 e. The van der Waals surface area contributed by atoms with Gasteiger partial charge in [0.05, 0.1) is 43.0 Å². The molecule has 0 radical (unpaired) electrons. The van der Waals surface area contributed by atoms with Gasteiger partial charge in [-0.15, -0.1) is 0 Å². The highest BCUT2D eigenvalue weighted by Crippen LogP contribution is 2.39. The van der Waals surface area contributed by atoms with Crippen molar-refractivity contribution in [2.45, 2.75) is 27.7 Å². The van der Waals surface area contributed by atoms with E-state index < -0.39 is 5.91 Å². The van der Waals surface area contributed by atoms with E-state index in [-0.39, 0.29) is 0 Å². The fourth-order valence-electron chi connectivity index (χ4n) is 3.18. The summed E-state index contributed by atoms with van der Waals surface area (Å²) in [4.78, 5) is 12.8. The fraction of sp³-hybridized carbons (Fsp3) is 0.292. The molecule has 0 bridgehead atoms. The Bertz CT molecular complexity index is 1170. The summed E-state index contributed by atoms with van der Waals surface area (Å²) < 4.78 is 18.6. The molecule has 0 aliphatic carbocycles. The maximum absolute atomic E-state index is 12.8. The van der Waals surface area contributed by atoms with Crippen molar-refractivity contribution in [3.8, 4) is 22.9 Å². The number of amides is 1. The molecule has 1 aromatic heterocycles. The normalized spacial score (nSPS) is 11.0. The molecule has 3 rings (SSSR count). The maximum atomic E-state index is 12.8. The second-order valence-electron chi connectivity index (χ2n) is 6.98. The lowest BCUT2D eigenvalue weighted by Gasteiger charge is -2.16. The van der Waals surface area contributed by atoms with E-state index >= 15 is 0 Å². The molecule has 1 heterocycles. The van der Waals surface area contributed by atoms with Gasteiger partial charge in [-0.3, -0.25) is 4.79 Å². The van der Waals surface area contributed by atoms with Crippen LogP contribution in [-0.4, -0.2) is 41.7 Å². The molecule has 0 aliphatic heterocycles. The quantitative estimate of drug-likeness (QED) is 0.293. The van der Waals surface area contributed by atoms with Gasteiger partial charge < -0.3 is 14.2 Å². The van der Waals surface area contributed by atoms with Gasteiger partial charge in [0.15, 0.2) is 11.5 Å². The number of ether oxygens (including phenoxy) is 3. The number of aromatic nitrogens is 2. The fourth-order valence-corrected chi connectivity index (χ4v) is 3.68. The van der Waals surface area contributed by atoms with E-state index in [2.05, 4.69) is 15.6 Å². The smallest absolute Gasteiger partial charge is 0.271 e. The Morgan fingerprint density at radius 1 is 1.06 bits per heavy atom. The first-order valence-corrected chi connectivity index (χ1v) is 11.6. The van der Waals surface area contributed by atoms with Gasteiger partial charge in [-0.25, -0.2) is 10.1 Å². The molecule has 0 saturated heterocycles. The lowest BCUT2D eigenvalue weighted by Crippen LogP contribution is -2.18. The minimum absolute atomic E-state index is 0.310. The molecule has 180 valence electrons. The lowest BCUT2D eigenvalue weighted by molar-refractivity contribution is 0.0954. The predicted octanol–water partition coefficient (Wildman–Crippen LogP) is 5.45. The van der Waals surface area contributed by atoms with Crippen molar-refractivity contribution in [1.29, 1.82) is 0 Å². The van der Waals surface area contributed by atoms with E-state index in [1.807, 2.05) is 32.9 Å². The maximum Gasteiger partial charge on any atom is 0.271 e. The first kappa shape index (κ1) is 25.4. The van der Waals surface area contributed by atoms with Crippen molar-refractivity contribution in [2.75, 3.05) is 19.8 Å². The Balaban J connectivity index is 1.84. The van der Waals surface area contributed by atoms with Gasteiger partial charge in [-0.05, 0) is 58.0 Å². The SMILES string of the molecule is CCOc1cc(C(=O)N/N=C/c2c(C)nn(-c3cccc(Cl)c3)c2Cl)cc(OCC)c1OCC. The monoisotopic (exact) mass is 504 g/mol. The van der Waals surface area contributed by atoms with E-state index in [0.29, 0.717) is 69.8 Å². The van der Waals surface area contributed by atoms with Gasteiger partial charge in [0.25, 0.3) is 5.91 Å². The molecule has 0 fully saturated rings. The molecule has 10 heteroatoms. The summed E-state index contributed by atoms with van der Waals surface area (Å²) in [7, 11) is 0. The first-order valence-electron chi connectivity index (χ1n) is 10.8. The average Bonchev–Trinajstić information content (AvgIpc) is 3.09. The van der Waals surface area contributed by atoms with Crippen LogP contribution in [0.4, 0.5) is 0 Å². The van der Waals surface area contributed by atoms with E-state index in [4.69, 9.17) is 37.4 Å². The van der Waals surface area contributed by atoms with E-state index in [9.17, 15) is 4.79 Å². The van der Waals surface area contributed by atoms with Crippen LogP contribution < -0.4 is 19.6 Å². The first-order chi connectivity index (χ1) is 16.4. The van der Waals surface area contributed by atoms with Crippen LogP contribution in [0.5, 0.6) is 17.2 Å². The van der Waals surface area contributed by atoms with Crippen molar-refractivity contribution in [1.82, 2.24) is 15.2 Å². The summed E-state index contributed by atoms with van der Waals surface area (Å²) in [5.74, 6) is 0.858. The molecule has 3 aromatic rings. The zero-order valence-corrected chi connectivity index (χ0v) is 20.9. The molecule has 1 N–H and O–H groups in total. The third-order valence-corrected chi connectivity index (χ3v) is 5.23. The third kappa shape index (κ3) is 5.81. The van der Waals surface area contributed by atoms with Crippen molar-refractivity contribution in [3.63, 3.8) is 0 Å². The van der Waals surface area contributed by atoms with Crippen LogP contribution in [0.25, 0.3) is 5.69 Å². The molecule has 0 spiro atoms. The number of aryl methyl sites for hydroxylation is 1. The molecule has 2 aromatic carbocycles. The van der Waals surface area contributed by atoms with Crippen molar-refractivity contribution in [3.05, 3.63) is 63.4 Å². The number of halogens is 2. The van der Waals surface area contributed by atoms with Crippen LogP contribution >= 0.6 is 23.2 Å². The van der Waals surface area contributed by atoms with Crippen LogP contribution in [0.2, 0.25) is 10.2 Å². The van der Waals surface area contributed by atoms with Crippen molar-refractivity contribution < 1.29 is 19.0 Å². The number of hydrazone groups is 1. The van der Waals surface area contributed by atoms with Gasteiger partial charge in [0.2, 0.25) is 5.75 Å². The van der Waals surface area contributed by atoms with Crippen LogP contribution in [0.1, 0.15) is 42.4 Å². The zero-order valence-electron chi connectivity index (χ0n) is 19.4. The van der Waals surface area contributed by atoms with Gasteiger partial charge in [-0.1, -0.05) is 29.3 Å². The third-order valence-electron chi connectivity index (χ3n) is 4.63. The lowest BCUT2D eigenvalue weighted by atomic mass is 10.1. The van der Waals surface area contributed by atoms with Crippen molar-refractivity contribution in [2.24, 2.45) is 5.10 Å².